The lowest BCUT2D eigenvalue weighted by atomic mass is 10.1. The largest absolute Gasteiger partial charge is 0.309 e. The van der Waals surface area contributed by atoms with Gasteiger partial charge in [0.2, 0.25) is 5.91 Å². The smallest absolute Gasteiger partial charge is 0.262 e. The number of nitrogens with one attached hydrogen (secondary N) is 1. The summed E-state index contributed by atoms with van der Waals surface area (Å²) in [5.74, 6) is -0.907. The van der Waals surface area contributed by atoms with Gasteiger partial charge in [0.1, 0.15) is 11.9 Å². The number of carbonyl (C=O) groups is 3. The lowest BCUT2D eigenvalue weighted by Crippen LogP contribution is -2.45. The number of nitrogens with zero attached hydrogens (tertiary/aromatic N) is 3. The fourth-order valence-electron chi connectivity index (χ4n) is 3.77. The molecule has 0 spiro atoms. The molecule has 1 aromatic heterocycles. The summed E-state index contributed by atoms with van der Waals surface area (Å²) < 4.78 is 1.66. The van der Waals surface area contributed by atoms with Crippen molar-refractivity contribution in [3.8, 4) is 5.69 Å². The Morgan fingerprint density at radius 1 is 0.933 bits per heavy atom. The Labute approximate surface area is 174 Å². The van der Waals surface area contributed by atoms with Gasteiger partial charge in [0.05, 0.1) is 22.5 Å². The molecule has 30 heavy (non-hydrogen) atoms. The molecule has 2 aromatic carbocycles. The number of aryl methyl sites for hydroxylation is 3. The van der Waals surface area contributed by atoms with Crippen molar-refractivity contribution in [2.75, 3.05) is 5.32 Å². The number of hydrogen-bond donors (Lipinski definition) is 1. The fraction of sp³-hybridized carbons (Fsp3) is 0.217. The summed E-state index contributed by atoms with van der Waals surface area (Å²) >= 11 is 0. The van der Waals surface area contributed by atoms with Crippen LogP contribution in [0.15, 0.2) is 48.5 Å². The first-order valence-electron chi connectivity index (χ1n) is 9.69. The molecule has 1 aliphatic heterocycles. The van der Waals surface area contributed by atoms with Crippen molar-refractivity contribution in [3.63, 3.8) is 0 Å². The molecule has 1 atom stereocenters. The van der Waals surface area contributed by atoms with Gasteiger partial charge in [0.15, 0.2) is 0 Å². The van der Waals surface area contributed by atoms with E-state index < -0.39 is 23.8 Å². The van der Waals surface area contributed by atoms with Crippen LogP contribution in [0.3, 0.4) is 0 Å². The standard InChI is InChI=1S/C23H22N4O3/c1-13-9-14(2)11-17(10-13)27-20(12-15(3)25-27)24-21(28)16(4)26-22(29)18-7-5-6-8-19(18)23(26)30/h5-12,16H,1-4H3,(H,24,28). The molecule has 2 heterocycles. The van der Waals surface area contributed by atoms with Gasteiger partial charge in [-0.15, -0.1) is 0 Å². The molecule has 7 nitrogen and oxygen atoms in total. The Hall–Kier alpha value is -3.74. The van der Waals surface area contributed by atoms with Crippen molar-refractivity contribution >= 4 is 23.5 Å². The number of aromatic nitrogens is 2. The third-order valence-corrected chi connectivity index (χ3v) is 5.13. The molecule has 3 amide bonds. The molecule has 0 radical (unpaired) electrons. The number of hydrogen-bond acceptors (Lipinski definition) is 4. The number of amides is 3. The summed E-state index contributed by atoms with van der Waals surface area (Å²) in [5, 5.41) is 7.32. The molecule has 0 fully saturated rings. The van der Waals surface area contributed by atoms with Crippen LogP contribution in [0.25, 0.3) is 5.69 Å². The highest BCUT2D eigenvalue weighted by atomic mass is 16.2. The second-order valence-corrected chi connectivity index (χ2v) is 7.62. The van der Waals surface area contributed by atoms with Gasteiger partial charge in [-0.25, -0.2) is 4.68 Å². The summed E-state index contributed by atoms with van der Waals surface area (Å²) in [6.07, 6.45) is 0. The molecule has 1 unspecified atom stereocenters. The second kappa shape index (κ2) is 7.26. The summed E-state index contributed by atoms with van der Waals surface area (Å²) in [6.45, 7) is 7.37. The first-order valence-corrected chi connectivity index (χ1v) is 9.69. The maximum Gasteiger partial charge on any atom is 0.262 e. The normalized spacial score (nSPS) is 14.1. The van der Waals surface area contributed by atoms with Crippen molar-refractivity contribution in [2.45, 2.75) is 33.7 Å². The molecule has 0 bridgehead atoms. The fourth-order valence-corrected chi connectivity index (χ4v) is 3.77. The van der Waals surface area contributed by atoms with Gasteiger partial charge in [-0.05, 0) is 63.1 Å². The molecule has 152 valence electrons. The van der Waals surface area contributed by atoms with E-state index in [1.165, 1.54) is 0 Å². The molecule has 0 aliphatic carbocycles. The first-order chi connectivity index (χ1) is 14.3. The predicted molar refractivity (Wildman–Crippen MR) is 113 cm³/mol. The van der Waals surface area contributed by atoms with Crippen molar-refractivity contribution in [3.05, 3.63) is 76.5 Å². The van der Waals surface area contributed by atoms with Crippen LogP contribution in [0.2, 0.25) is 0 Å². The first kappa shape index (κ1) is 19.6. The highest BCUT2D eigenvalue weighted by Gasteiger charge is 2.40. The van der Waals surface area contributed by atoms with Crippen LogP contribution in [0.5, 0.6) is 0 Å². The minimum absolute atomic E-state index is 0.318. The molecule has 1 aliphatic rings. The Balaban J connectivity index is 1.61. The predicted octanol–water partition coefficient (Wildman–Crippen LogP) is 3.42. The minimum atomic E-state index is -0.972. The van der Waals surface area contributed by atoms with Crippen LogP contribution in [-0.2, 0) is 4.79 Å². The van der Waals surface area contributed by atoms with Crippen molar-refractivity contribution in [2.24, 2.45) is 0 Å². The van der Waals surface area contributed by atoms with E-state index in [0.29, 0.717) is 16.9 Å². The molecule has 7 heteroatoms. The Bertz CT molecular complexity index is 1140. The highest BCUT2D eigenvalue weighted by Crippen LogP contribution is 2.25. The average molecular weight is 402 g/mol. The van der Waals surface area contributed by atoms with Crippen molar-refractivity contribution in [1.29, 1.82) is 0 Å². The van der Waals surface area contributed by atoms with Crippen molar-refractivity contribution < 1.29 is 14.4 Å². The molecule has 3 aromatic rings. The summed E-state index contributed by atoms with van der Waals surface area (Å²) in [7, 11) is 0. The van der Waals surface area contributed by atoms with Gasteiger partial charge in [0, 0.05) is 6.07 Å². The van der Waals surface area contributed by atoms with E-state index in [1.807, 2.05) is 32.9 Å². The number of anilines is 1. The number of rotatable bonds is 4. The van der Waals surface area contributed by atoms with Gasteiger partial charge in [-0.2, -0.15) is 5.10 Å². The molecular weight excluding hydrogens is 380 g/mol. The second-order valence-electron chi connectivity index (χ2n) is 7.62. The third kappa shape index (κ3) is 3.28. The molecule has 0 saturated heterocycles. The maximum atomic E-state index is 13.0. The molecule has 0 saturated carbocycles. The number of carbonyl (C=O) groups excluding carboxylic acids is 3. The van der Waals surface area contributed by atoms with Gasteiger partial charge >= 0.3 is 0 Å². The Morgan fingerprint density at radius 3 is 2.07 bits per heavy atom. The topological polar surface area (TPSA) is 84.3 Å². The van der Waals surface area contributed by atoms with E-state index in [4.69, 9.17) is 0 Å². The van der Waals surface area contributed by atoms with Gasteiger partial charge < -0.3 is 5.32 Å². The Morgan fingerprint density at radius 2 is 1.50 bits per heavy atom. The van der Waals surface area contributed by atoms with E-state index in [1.54, 1.807) is 41.9 Å². The van der Waals surface area contributed by atoms with Crippen LogP contribution in [0.4, 0.5) is 5.82 Å². The maximum absolute atomic E-state index is 13.0. The van der Waals surface area contributed by atoms with E-state index in [9.17, 15) is 14.4 Å². The highest BCUT2D eigenvalue weighted by molar-refractivity contribution is 6.23. The van der Waals surface area contributed by atoms with Crippen molar-refractivity contribution in [1.82, 2.24) is 14.7 Å². The van der Waals surface area contributed by atoms with Gasteiger partial charge in [-0.1, -0.05) is 18.2 Å². The van der Waals surface area contributed by atoms with E-state index in [-0.39, 0.29) is 0 Å². The summed E-state index contributed by atoms with van der Waals surface area (Å²) in [5.41, 5.74) is 4.35. The number of benzene rings is 2. The lowest BCUT2D eigenvalue weighted by molar-refractivity contribution is -0.119. The number of fused-ring (bicyclic) bond motifs is 1. The van der Waals surface area contributed by atoms with Gasteiger partial charge in [-0.3, -0.25) is 19.3 Å². The zero-order chi connectivity index (χ0) is 21.6. The Kier molecular flexibility index (Phi) is 4.73. The quantitative estimate of drug-likeness (QED) is 0.678. The third-order valence-electron chi connectivity index (χ3n) is 5.13. The average Bonchev–Trinajstić information content (AvgIpc) is 3.18. The van der Waals surface area contributed by atoms with Gasteiger partial charge in [0.25, 0.3) is 11.8 Å². The van der Waals surface area contributed by atoms with Crippen LogP contribution in [0.1, 0.15) is 44.5 Å². The zero-order valence-electron chi connectivity index (χ0n) is 17.3. The zero-order valence-corrected chi connectivity index (χ0v) is 17.3. The molecule has 1 N–H and O–H groups in total. The summed E-state index contributed by atoms with van der Waals surface area (Å²) in [6, 6.07) is 13.4. The monoisotopic (exact) mass is 402 g/mol. The number of imide groups is 1. The van der Waals surface area contributed by atoms with E-state index in [2.05, 4.69) is 16.5 Å². The lowest BCUT2D eigenvalue weighted by Gasteiger charge is -2.22. The SMILES string of the molecule is Cc1cc(C)cc(-n2nc(C)cc2NC(=O)C(C)N2C(=O)c3ccccc3C2=O)c1. The molecular formula is C23H22N4O3. The van der Waals surface area contributed by atoms with Crippen LogP contribution in [-0.4, -0.2) is 38.4 Å². The van der Waals surface area contributed by atoms with Crippen LogP contribution >= 0.6 is 0 Å². The van der Waals surface area contributed by atoms with Crippen LogP contribution < -0.4 is 5.32 Å². The van der Waals surface area contributed by atoms with Crippen LogP contribution in [0, 0.1) is 20.8 Å². The summed E-state index contributed by atoms with van der Waals surface area (Å²) in [4.78, 5) is 39.3. The van der Waals surface area contributed by atoms with E-state index in [0.717, 1.165) is 27.4 Å². The van der Waals surface area contributed by atoms with E-state index >= 15 is 0 Å². The molecule has 4 rings (SSSR count). The minimum Gasteiger partial charge on any atom is -0.309 e.